The minimum absolute atomic E-state index is 0.716. The van der Waals surface area contributed by atoms with Crippen molar-refractivity contribution >= 4 is 14.4 Å². The molecular formula is C17H28O2Si. The number of unbranched alkanes of at least 4 members (excludes halogenated alkanes) is 1. The lowest BCUT2D eigenvalue weighted by Crippen LogP contribution is -2.34. The van der Waals surface area contributed by atoms with Gasteiger partial charge in [-0.05, 0) is 43.3 Å². The molecule has 2 nitrogen and oxygen atoms in total. The highest BCUT2D eigenvalue weighted by Gasteiger charge is 2.25. The zero-order chi connectivity index (χ0) is 15.0. The van der Waals surface area contributed by atoms with Gasteiger partial charge in [-0.1, -0.05) is 45.4 Å². The van der Waals surface area contributed by atoms with Crippen LogP contribution in [0.1, 0.15) is 38.7 Å². The van der Waals surface area contributed by atoms with Crippen molar-refractivity contribution < 1.29 is 9.16 Å². The van der Waals surface area contributed by atoms with Crippen molar-refractivity contribution in [2.24, 2.45) is 0 Å². The number of hydrogen-bond donors (Lipinski definition) is 0. The Morgan fingerprint density at radius 1 is 1.15 bits per heavy atom. The van der Waals surface area contributed by atoms with Crippen LogP contribution in [0.5, 0.6) is 11.5 Å². The van der Waals surface area contributed by atoms with E-state index < -0.39 is 8.32 Å². The lowest BCUT2D eigenvalue weighted by Gasteiger charge is -2.25. The van der Waals surface area contributed by atoms with Crippen molar-refractivity contribution in [1.29, 1.82) is 0 Å². The summed E-state index contributed by atoms with van der Waals surface area (Å²) in [5, 5.41) is 0. The zero-order valence-electron chi connectivity index (χ0n) is 13.4. The Hall–Kier alpha value is -1.22. The molecule has 0 aliphatic rings. The Kier molecular flexibility index (Phi) is 6.86. The molecule has 0 fully saturated rings. The van der Waals surface area contributed by atoms with Gasteiger partial charge >= 0.3 is 0 Å². The maximum atomic E-state index is 6.31. The van der Waals surface area contributed by atoms with Crippen LogP contribution in [-0.4, -0.2) is 14.9 Å². The molecule has 1 aromatic rings. The van der Waals surface area contributed by atoms with Crippen LogP contribution in [0.25, 0.3) is 6.08 Å². The van der Waals surface area contributed by atoms with E-state index in [1.54, 1.807) is 0 Å². The average Bonchev–Trinajstić information content (AvgIpc) is 2.43. The van der Waals surface area contributed by atoms with Crippen molar-refractivity contribution in [2.75, 3.05) is 6.61 Å². The predicted molar refractivity (Wildman–Crippen MR) is 90.1 cm³/mol. The summed E-state index contributed by atoms with van der Waals surface area (Å²) in [5.74, 6) is 1.73. The highest BCUT2D eigenvalue weighted by Crippen LogP contribution is 2.32. The minimum Gasteiger partial charge on any atom is -0.542 e. The van der Waals surface area contributed by atoms with Gasteiger partial charge in [0.2, 0.25) is 8.32 Å². The highest BCUT2D eigenvalue weighted by atomic mass is 28.4. The normalized spacial score (nSPS) is 11.2. The van der Waals surface area contributed by atoms with Crippen LogP contribution in [0.2, 0.25) is 19.1 Å². The maximum absolute atomic E-state index is 6.31. The summed E-state index contributed by atoms with van der Waals surface area (Å²) in [7, 11) is -1.67. The van der Waals surface area contributed by atoms with Crippen LogP contribution in [0.3, 0.4) is 0 Å². The topological polar surface area (TPSA) is 18.5 Å². The molecule has 0 spiro atoms. The molecule has 112 valence electrons. The van der Waals surface area contributed by atoms with Crippen LogP contribution in [-0.2, 0) is 0 Å². The predicted octanol–water partition coefficient (Wildman–Crippen LogP) is 5.50. The van der Waals surface area contributed by atoms with Crippen LogP contribution in [0.4, 0.5) is 0 Å². The maximum Gasteiger partial charge on any atom is 0.245 e. The van der Waals surface area contributed by atoms with Crippen molar-refractivity contribution in [3.05, 3.63) is 30.3 Å². The Morgan fingerprint density at radius 2 is 1.90 bits per heavy atom. The first-order chi connectivity index (χ1) is 9.52. The number of ether oxygens (including phenoxy) is 1. The summed E-state index contributed by atoms with van der Waals surface area (Å²) < 4.78 is 12.1. The summed E-state index contributed by atoms with van der Waals surface area (Å²) >= 11 is 0. The molecule has 0 saturated carbocycles. The van der Waals surface area contributed by atoms with Gasteiger partial charge in [-0.15, -0.1) is 0 Å². The van der Waals surface area contributed by atoms with E-state index in [2.05, 4.69) is 33.5 Å². The Balaban J connectivity index is 2.88. The lowest BCUT2D eigenvalue weighted by atomic mass is 10.2. The van der Waals surface area contributed by atoms with Crippen LogP contribution in [0.15, 0.2) is 24.8 Å². The second-order valence-electron chi connectivity index (χ2n) is 5.72. The van der Waals surface area contributed by atoms with Gasteiger partial charge in [0, 0.05) is 0 Å². The summed E-state index contributed by atoms with van der Waals surface area (Å²) in [5.41, 5.74) is 1.07. The Bertz CT molecular complexity index is 427. The molecule has 1 rings (SSSR count). The van der Waals surface area contributed by atoms with Crippen LogP contribution >= 0.6 is 0 Å². The summed E-state index contributed by atoms with van der Waals surface area (Å²) in [6, 6.07) is 7.25. The fourth-order valence-electron chi connectivity index (χ4n) is 2.01. The van der Waals surface area contributed by atoms with E-state index in [1.165, 1.54) is 18.9 Å². The van der Waals surface area contributed by atoms with E-state index in [4.69, 9.17) is 9.16 Å². The van der Waals surface area contributed by atoms with E-state index in [0.29, 0.717) is 6.61 Å². The fourth-order valence-corrected chi connectivity index (χ4v) is 4.08. The molecule has 0 atom stereocenters. The molecule has 0 radical (unpaired) electrons. The Labute approximate surface area is 124 Å². The molecular weight excluding hydrogens is 264 g/mol. The number of rotatable bonds is 9. The third-order valence-corrected chi connectivity index (χ3v) is 5.51. The molecule has 0 unspecified atom stereocenters. The lowest BCUT2D eigenvalue weighted by molar-refractivity contribution is 0.306. The molecule has 0 heterocycles. The quantitative estimate of drug-likeness (QED) is 0.559. The van der Waals surface area contributed by atoms with Gasteiger partial charge < -0.3 is 9.16 Å². The van der Waals surface area contributed by atoms with Gasteiger partial charge in [0.25, 0.3) is 0 Å². The van der Waals surface area contributed by atoms with Gasteiger partial charge in [-0.3, -0.25) is 0 Å². The third-order valence-electron chi connectivity index (χ3n) is 3.18. The van der Waals surface area contributed by atoms with Crippen molar-refractivity contribution in [3.8, 4) is 11.5 Å². The summed E-state index contributed by atoms with van der Waals surface area (Å²) in [6.07, 6.45) is 5.28. The van der Waals surface area contributed by atoms with Gasteiger partial charge in [-0.25, -0.2) is 0 Å². The molecule has 20 heavy (non-hydrogen) atoms. The van der Waals surface area contributed by atoms with E-state index >= 15 is 0 Å². The molecule has 0 amide bonds. The van der Waals surface area contributed by atoms with E-state index in [-0.39, 0.29) is 0 Å². The average molecular weight is 292 g/mol. The largest absolute Gasteiger partial charge is 0.542 e. The number of benzene rings is 1. The monoisotopic (exact) mass is 292 g/mol. The van der Waals surface area contributed by atoms with E-state index in [1.807, 2.05) is 24.3 Å². The number of hydrogen-bond acceptors (Lipinski definition) is 2. The van der Waals surface area contributed by atoms with Crippen LogP contribution < -0.4 is 9.16 Å². The molecule has 0 bridgehead atoms. The van der Waals surface area contributed by atoms with Gasteiger partial charge in [0.1, 0.15) is 5.75 Å². The molecule has 0 aliphatic heterocycles. The van der Waals surface area contributed by atoms with Crippen molar-refractivity contribution in [3.63, 3.8) is 0 Å². The Morgan fingerprint density at radius 3 is 2.50 bits per heavy atom. The first-order valence-electron chi connectivity index (χ1n) is 7.60. The molecule has 3 heteroatoms. The van der Waals surface area contributed by atoms with Crippen molar-refractivity contribution in [1.82, 2.24) is 0 Å². The fraction of sp³-hybridized carbons (Fsp3) is 0.529. The van der Waals surface area contributed by atoms with Gasteiger partial charge in [0.05, 0.1) is 6.61 Å². The highest BCUT2D eigenvalue weighted by molar-refractivity contribution is 6.71. The second-order valence-corrected chi connectivity index (χ2v) is 9.95. The van der Waals surface area contributed by atoms with E-state index in [0.717, 1.165) is 23.5 Å². The van der Waals surface area contributed by atoms with Crippen molar-refractivity contribution in [2.45, 2.75) is 52.2 Å². The smallest absolute Gasteiger partial charge is 0.245 e. The molecule has 1 aromatic carbocycles. The van der Waals surface area contributed by atoms with Gasteiger partial charge in [-0.2, -0.15) is 0 Å². The second kappa shape index (κ2) is 8.15. The van der Waals surface area contributed by atoms with Crippen LogP contribution in [0, 0.1) is 0 Å². The molecule has 0 saturated heterocycles. The summed E-state index contributed by atoms with van der Waals surface area (Å²) in [6.45, 7) is 13.4. The standard InChI is InChI=1S/C17H28O2Si/c1-6-9-13-20(4,5)19-16-11-10-15(8-3)14-17(16)18-12-7-2/h8,10-11,14H,3,6-7,9,12-13H2,1-2,4-5H3. The first kappa shape index (κ1) is 16.8. The first-order valence-corrected chi connectivity index (χ1v) is 10.7. The zero-order valence-corrected chi connectivity index (χ0v) is 14.4. The third kappa shape index (κ3) is 5.41. The SMILES string of the molecule is C=Cc1ccc(O[Si](C)(C)CCCC)c(OCCC)c1. The molecule has 0 aliphatic carbocycles. The molecule has 0 aromatic heterocycles. The molecule has 0 N–H and O–H groups in total. The minimum atomic E-state index is -1.67. The van der Waals surface area contributed by atoms with Gasteiger partial charge in [0.15, 0.2) is 5.75 Å². The summed E-state index contributed by atoms with van der Waals surface area (Å²) in [4.78, 5) is 0. The van der Waals surface area contributed by atoms with E-state index in [9.17, 15) is 0 Å².